The van der Waals surface area contributed by atoms with E-state index in [0.717, 1.165) is 42.8 Å². The number of benzene rings is 2. The number of amidine groups is 1. The normalized spacial score (nSPS) is 30.2. The van der Waals surface area contributed by atoms with Crippen molar-refractivity contribution in [2.45, 2.75) is 57.0 Å². The van der Waals surface area contributed by atoms with E-state index in [1.807, 2.05) is 37.3 Å². The Balaban J connectivity index is 1.31. The molecule has 4 aliphatic rings. The highest BCUT2D eigenvalue weighted by Gasteiger charge is 2.44. The predicted octanol–water partition coefficient (Wildman–Crippen LogP) is 6.05. The number of ether oxygens (including phenoxy) is 1. The molecule has 3 aromatic rings. The third-order valence-corrected chi connectivity index (χ3v) is 13.2. The Bertz CT molecular complexity index is 2040. The molecule has 270 valence electrons. The van der Waals surface area contributed by atoms with Crippen LogP contribution in [0.15, 0.2) is 69.1 Å². The number of nitrogens with zero attached hydrogens (tertiary/aromatic N) is 6. The van der Waals surface area contributed by atoms with Crippen LogP contribution in [0.1, 0.15) is 66.1 Å². The fourth-order valence-corrected chi connectivity index (χ4v) is 10.5. The van der Waals surface area contributed by atoms with Gasteiger partial charge < -0.3 is 14.7 Å². The fourth-order valence-electron chi connectivity index (χ4n) is 8.27. The number of aliphatic hydroxyl groups is 1. The van der Waals surface area contributed by atoms with Gasteiger partial charge in [-0.2, -0.15) is 5.10 Å². The van der Waals surface area contributed by atoms with Crippen LogP contribution in [-0.2, 0) is 28.8 Å². The molecule has 2 aliphatic heterocycles. The molecule has 0 unspecified atom stereocenters. The zero-order chi connectivity index (χ0) is 35.9. The molecule has 11 nitrogen and oxygen atoms in total. The lowest BCUT2D eigenvalue weighted by atomic mass is 9.68. The van der Waals surface area contributed by atoms with Crippen molar-refractivity contribution in [3.05, 3.63) is 82.0 Å². The van der Waals surface area contributed by atoms with Gasteiger partial charge in [0.15, 0.2) is 5.82 Å². The zero-order valence-electron chi connectivity index (χ0n) is 29.4. The molecule has 13 heteroatoms. The van der Waals surface area contributed by atoms with Crippen molar-refractivity contribution in [1.29, 1.82) is 0 Å². The van der Waals surface area contributed by atoms with Crippen molar-refractivity contribution in [2.24, 2.45) is 39.1 Å². The second kappa shape index (κ2) is 14.2. The fraction of sp³-hybridized carbons (Fsp3) is 0.474. The molecule has 6 atom stereocenters. The van der Waals surface area contributed by atoms with E-state index in [4.69, 9.17) is 16.3 Å². The van der Waals surface area contributed by atoms with Crippen LogP contribution >= 0.6 is 11.6 Å². The molecule has 1 saturated carbocycles. The summed E-state index contributed by atoms with van der Waals surface area (Å²) in [5, 5.41) is 16.4. The highest BCUT2D eigenvalue weighted by Crippen LogP contribution is 2.47. The van der Waals surface area contributed by atoms with Gasteiger partial charge in [0, 0.05) is 49.4 Å². The van der Waals surface area contributed by atoms with E-state index < -0.39 is 21.9 Å². The standard InChI is InChI=1S/C38H46ClN7O4S/c1-24-7-5-9-33(47)29-13-10-27(29)19-46-22-38(16-6-8-25-17-28(39)12-14-31(25)38)23-50-34-15-11-26(18-32(34)46)37(48)44-51(49,21-24)43-36(41-3)30-20-45(4)42-35(30)40-2/h5,9,11-12,14-15,17-18,20,24,27,29,33,47H,2,6-8,10,13,16,19,21-23H2,1,3-4H3,(H,41,43,44,48,49)/b9-5+/t24-,27-,29+,33-,38-,51+/m0/s1. The van der Waals surface area contributed by atoms with E-state index in [1.54, 1.807) is 31.0 Å². The molecule has 2 aliphatic carbocycles. The molecule has 1 amide bonds. The molecule has 2 aromatic carbocycles. The molecule has 0 saturated heterocycles. The molecule has 0 radical (unpaired) electrons. The number of halogens is 1. The molecule has 51 heavy (non-hydrogen) atoms. The van der Waals surface area contributed by atoms with Crippen molar-refractivity contribution in [1.82, 2.24) is 14.5 Å². The van der Waals surface area contributed by atoms with Crippen molar-refractivity contribution >= 4 is 51.5 Å². The molecule has 3 heterocycles. The molecule has 2 bridgehead atoms. The number of hydrogen-bond donors (Lipinski definition) is 2. The number of anilines is 1. The van der Waals surface area contributed by atoms with Crippen LogP contribution in [0.2, 0.25) is 5.02 Å². The van der Waals surface area contributed by atoms with Gasteiger partial charge in [0.05, 0.1) is 29.7 Å². The average molecular weight is 732 g/mol. The number of hydrogen-bond acceptors (Lipinski definition) is 8. The average Bonchev–Trinajstić information content (AvgIpc) is 3.39. The van der Waals surface area contributed by atoms with Gasteiger partial charge in [0.2, 0.25) is 0 Å². The highest BCUT2D eigenvalue weighted by molar-refractivity contribution is 7.92. The first-order chi connectivity index (χ1) is 24.5. The lowest BCUT2D eigenvalue weighted by molar-refractivity contribution is 0.0456. The van der Waals surface area contributed by atoms with Gasteiger partial charge in [0.1, 0.15) is 21.5 Å². The van der Waals surface area contributed by atoms with Gasteiger partial charge in [-0.1, -0.05) is 36.7 Å². The van der Waals surface area contributed by atoms with E-state index in [2.05, 4.69) is 47.9 Å². The number of fused-ring (bicyclic) bond motifs is 4. The van der Waals surface area contributed by atoms with E-state index in [9.17, 15) is 14.1 Å². The largest absolute Gasteiger partial charge is 0.490 e. The second-order valence-corrected chi connectivity index (χ2v) is 17.1. The Labute approximate surface area is 305 Å². The summed E-state index contributed by atoms with van der Waals surface area (Å²) in [6.45, 7) is 7.47. The summed E-state index contributed by atoms with van der Waals surface area (Å²) in [4.78, 5) is 24.8. The van der Waals surface area contributed by atoms with Crippen LogP contribution in [-0.4, -0.2) is 76.2 Å². The molecule has 1 aromatic heterocycles. The Morgan fingerprint density at radius 3 is 2.84 bits per heavy atom. The summed E-state index contributed by atoms with van der Waals surface area (Å²) >= 11 is 6.45. The van der Waals surface area contributed by atoms with Gasteiger partial charge in [-0.05, 0) is 104 Å². The van der Waals surface area contributed by atoms with Gasteiger partial charge in [0.25, 0.3) is 5.91 Å². The minimum absolute atomic E-state index is 0.0630. The number of aromatic nitrogens is 2. The number of aliphatic imine (C=N–C) groups is 2. The number of carbonyl (C=O) groups excluding carboxylic acids is 1. The first kappa shape index (κ1) is 35.4. The molecule has 7 rings (SSSR count). The highest BCUT2D eigenvalue weighted by atomic mass is 35.5. The summed E-state index contributed by atoms with van der Waals surface area (Å²) in [7, 11) is -0.107. The quantitative estimate of drug-likeness (QED) is 0.192. The maximum atomic E-state index is 14.8. The maximum absolute atomic E-state index is 14.8. The monoisotopic (exact) mass is 731 g/mol. The number of nitrogens with one attached hydrogen (secondary N) is 1. The number of rotatable bonds is 3. The van der Waals surface area contributed by atoms with Crippen LogP contribution < -0.4 is 14.4 Å². The lowest BCUT2D eigenvalue weighted by Gasteiger charge is -2.45. The SMILES string of the molecule is C=Nc1nn(C)cc1/C(=N\C)N[S@@]1(=O)=NC(=O)c2ccc3c(c2)N(C[C@@H]2CC[C@H]2[C@@H](O)/C=C/C[C@H](C)C1)C[C@@]1(CCCc2cc(Cl)ccc21)CO3. The smallest absolute Gasteiger partial charge is 0.286 e. The minimum atomic E-state index is -3.42. The van der Waals surface area contributed by atoms with Crippen LogP contribution in [0.25, 0.3) is 0 Å². The maximum Gasteiger partial charge on any atom is 0.286 e. The Morgan fingerprint density at radius 1 is 1.24 bits per heavy atom. The zero-order valence-corrected chi connectivity index (χ0v) is 31.0. The van der Waals surface area contributed by atoms with Gasteiger partial charge in [-0.25, -0.2) is 9.20 Å². The third kappa shape index (κ3) is 7.10. The first-order valence-electron chi connectivity index (χ1n) is 17.7. The van der Waals surface area contributed by atoms with Crippen LogP contribution in [0, 0.1) is 17.8 Å². The lowest BCUT2D eigenvalue weighted by Crippen LogP contribution is -2.49. The van der Waals surface area contributed by atoms with E-state index in [1.165, 1.54) is 11.1 Å². The number of amides is 1. The number of allylic oxidation sites excluding steroid dienone is 1. The molecule has 1 fully saturated rings. The van der Waals surface area contributed by atoms with E-state index in [0.29, 0.717) is 48.8 Å². The third-order valence-electron chi connectivity index (χ3n) is 11.0. The van der Waals surface area contributed by atoms with Crippen molar-refractivity contribution in [2.75, 3.05) is 37.4 Å². The summed E-state index contributed by atoms with van der Waals surface area (Å²) < 4.78 is 30.4. The van der Waals surface area contributed by atoms with Gasteiger partial charge >= 0.3 is 0 Å². The number of aryl methyl sites for hydroxylation is 2. The molecule has 2 N–H and O–H groups in total. The van der Waals surface area contributed by atoms with E-state index >= 15 is 0 Å². The van der Waals surface area contributed by atoms with Crippen molar-refractivity contribution in [3.63, 3.8) is 0 Å². The number of aliphatic hydroxyl groups excluding tert-OH is 1. The minimum Gasteiger partial charge on any atom is -0.490 e. The number of carbonyl (C=O) groups is 1. The predicted molar refractivity (Wildman–Crippen MR) is 203 cm³/mol. The Kier molecular flexibility index (Phi) is 9.86. The molecule has 1 spiro atoms. The topological polar surface area (TPSA) is 134 Å². The second-order valence-electron chi connectivity index (χ2n) is 14.6. The van der Waals surface area contributed by atoms with Crippen LogP contribution in [0.3, 0.4) is 0 Å². The summed E-state index contributed by atoms with van der Waals surface area (Å²) in [6, 6.07) is 11.6. The van der Waals surface area contributed by atoms with Crippen molar-refractivity contribution < 1.29 is 18.8 Å². The Morgan fingerprint density at radius 2 is 2.08 bits per heavy atom. The Hall–Kier alpha value is -4.00. The van der Waals surface area contributed by atoms with Gasteiger partial charge in [-0.15, -0.1) is 4.36 Å². The summed E-state index contributed by atoms with van der Waals surface area (Å²) in [5.74, 6) is 0.973. The van der Waals surface area contributed by atoms with Crippen molar-refractivity contribution in [3.8, 4) is 5.75 Å². The molecular formula is C38H46ClN7O4S. The first-order valence-corrected chi connectivity index (χ1v) is 19.8. The summed E-state index contributed by atoms with van der Waals surface area (Å²) in [5.41, 5.74) is 3.85. The van der Waals surface area contributed by atoms with Crippen LogP contribution in [0.5, 0.6) is 5.75 Å². The summed E-state index contributed by atoms with van der Waals surface area (Å²) in [6.07, 6.45) is 10.4. The van der Waals surface area contributed by atoms with Gasteiger partial charge in [-0.3, -0.25) is 19.2 Å². The molecular weight excluding hydrogens is 686 g/mol. The van der Waals surface area contributed by atoms with Crippen LogP contribution in [0.4, 0.5) is 11.5 Å². The van der Waals surface area contributed by atoms with E-state index in [-0.39, 0.29) is 34.8 Å².